The normalized spacial score (nSPS) is 11.4. The maximum Gasteiger partial charge on any atom is 0.135 e. The third-order valence-electron chi connectivity index (χ3n) is 5.11. The highest BCUT2D eigenvalue weighted by molar-refractivity contribution is 6.11. The monoisotopic (exact) mass is 396 g/mol. The molecule has 152 valence electrons. The summed E-state index contributed by atoms with van der Waals surface area (Å²) in [4.78, 5) is 0. The molecule has 4 aromatic carbocycles. The molecule has 0 heterocycles. The summed E-state index contributed by atoms with van der Waals surface area (Å²) in [6.07, 6.45) is 1.98. The Labute approximate surface area is 178 Å². The zero-order chi connectivity index (χ0) is 21.3. The predicted molar refractivity (Wildman–Crippen MR) is 129 cm³/mol. The number of rotatable bonds is 6. The summed E-state index contributed by atoms with van der Waals surface area (Å²) in [6.45, 7) is 12.3. The molecular formula is C28H28O2. The van der Waals surface area contributed by atoms with Crippen LogP contribution in [0.15, 0.2) is 73.3 Å². The Kier molecular flexibility index (Phi) is 5.50. The lowest BCUT2D eigenvalue weighted by Crippen LogP contribution is -2.10. The van der Waals surface area contributed by atoms with Crippen LogP contribution in [0.25, 0.3) is 38.7 Å². The summed E-state index contributed by atoms with van der Waals surface area (Å²) >= 11 is 0. The van der Waals surface area contributed by atoms with Crippen LogP contribution < -0.4 is 9.47 Å². The lowest BCUT2D eigenvalue weighted by atomic mass is 9.90. The van der Waals surface area contributed by atoms with Gasteiger partial charge in [-0.05, 0) is 61.4 Å². The van der Waals surface area contributed by atoms with Gasteiger partial charge < -0.3 is 9.47 Å². The molecule has 0 saturated heterocycles. The summed E-state index contributed by atoms with van der Waals surface area (Å²) < 4.78 is 12.7. The first-order valence-corrected chi connectivity index (χ1v) is 10.5. The Morgan fingerprint density at radius 3 is 1.93 bits per heavy atom. The largest absolute Gasteiger partial charge is 0.490 e. The van der Waals surface area contributed by atoms with Crippen molar-refractivity contribution in [3.63, 3.8) is 0 Å². The zero-order valence-corrected chi connectivity index (χ0v) is 18.1. The standard InChI is InChI=1S/C28H28O2/c1-6-20-17-22-12-8-10-14-24(22)27(28(20)30-19(4)5)26-23-13-9-7-11-21(23)15-16-25(26)29-18(2)3/h6-19H,1H2,2-5H3. The molecule has 4 rings (SSSR count). The van der Waals surface area contributed by atoms with Gasteiger partial charge in [0.2, 0.25) is 0 Å². The molecule has 0 spiro atoms. The maximum absolute atomic E-state index is 6.41. The van der Waals surface area contributed by atoms with Gasteiger partial charge in [0.15, 0.2) is 0 Å². The number of hydrogen-bond donors (Lipinski definition) is 0. The van der Waals surface area contributed by atoms with Crippen molar-refractivity contribution in [2.75, 3.05) is 0 Å². The van der Waals surface area contributed by atoms with Crippen LogP contribution in [0.3, 0.4) is 0 Å². The molecule has 0 aliphatic heterocycles. The minimum absolute atomic E-state index is 0.0352. The average molecular weight is 397 g/mol. The SMILES string of the molecule is C=Cc1cc2ccccc2c(-c2c(OC(C)C)ccc3ccccc23)c1OC(C)C. The van der Waals surface area contributed by atoms with Crippen molar-refractivity contribution in [1.29, 1.82) is 0 Å². The van der Waals surface area contributed by atoms with Crippen molar-refractivity contribution < 1.29 is 9.47 Å². The third kappa shape index (κ3) is 3.66. The first-order chi connectivity index (χ1) is 14.5. The molecule has 0 aliphatic rings. The summed E-state index contributed by atoms with van der Waals surface area (Å²) in [7, 11) is 0. The first kappa shape index (κ1) is 20.0. The van der Waals surface area contributed by atoms with Gasteiger partial charge >= 0.3 is 0 Å². The van der Waals surface area contributed by atoms with Crippen LogP contribution in [-0.4, -0.2) is 12.2 Å². The number of fused-ring (bicyclic) bond motifs is 2. The van der Waals surface area contributed by atoms with Crippen molar-refractivity contribution in [2.45, 2.75) is 39.9 Å². The van der Waals surface area contributed by atoms with Crippen LogP contribution in [0, 0.1) is 0 Å². The second kappa shape index (κ2) is 8.23. The highest BCUT2D eigenvalue weighted by Crippen LogP contribution is 2.47. The fourth-order valence-corrected chi connectivity index (χ4v) is 3.97. The Morgan fingerprint density at radius 2 is 1.30 bits per heavy atom. The van der Waals surface area contributed by atoms with Crippen LogP contribution in [0.5, 0.6) is 11.5 Å². The van der Waals surface area contributed by atoms with E-state index in [0.717, 1.165) is 44.3 Å². The minimum atomic E-state index is 0.0352. The quantitative estimate of drug-likeness (QED) is 0.330. The van der Waals surface area contributed by atoms with E-state index in [-0.39, 0.29) is 12.2 Å². The van der Waals surface area contributed by atoms with Crippen LogP contribution in [0.1, 0.15) is 33.3 Å². The van der Waals surface area contributed by atoms with Crippen LogP contribution in [0.4, 0.5) is 0 Å². The highest BCUT2D eigenvalue weighted by atomic mass is 16.5. The van der Waals surface area contributed by atoms with E-state index in [2.05, 4.69) is 101 Å². The van der Waals surface area contributed by atoms with Gasteiger partial charge in [-0.15, -0.1) is 0 Å². The van der Waals surface area contributed by atoms with Gasteiger partial charge in [-0.2, -0.15) is 0 Å². The lowest BCUT2D eigenvalue weighted by molar-refractivity contribution is 0.239. The molecule has 0 bridgehead atoms. The van der Waals surface area contributed by atoms with Gasteiger partial charge in [-0.3, -0.25) is 0 Å². The molecule has 0 aromatic heterocycles. The van der Waals surface area contributed by atoms with E-state index in [1.807, 2.05) is 6.08 Å². The number of ether oxygens (including phenoxy) is 2. The summed E-state index contributed by atoms with van der Waals surface area (Å²) in [5.41, 5.74) is 3.11. The second-order valence-corrected chi connectivity index (χ2v) is 8.09. The average Bonchev–Trinajstić information content (AvgIpc) is 2.73. The van der Waals surface area contributed by atoms with E-state index < -0.39 is 0 Å². The van der Waals surface area contributed by atoms with Gasteiger partial charge in [-0.1, -0.05) is 67.3 Å². The van der Waals surface area contributed by atoms with Crippen LogP contribution in [0.2, 0.25) is 0 Å². The topological polar surface area (TPSA) is 18.5 Å². The van der Waals surface area contributed by atoms with Crippen LogP contribution >= 0.6 is 0 Å². The second-order valence-electron chi connectivity index (χ2n) is 8.09. The van der Waals surface area contributed by atoms with E-state index in [1.54, 1.807) is 0 Å². The van der Waals surface area contributed by atoms with Crippen molar-refractivity contribution in [2.24, 2.45) is 0 Å². The van der Waals surface area contributed by atoms with Gasteiger partial charge in [0.25, 0.3) is 0 Å². The summed E-state index contributed by atoms with van der Waals surface area (Å²) in [5.74, 6) is 1.72. The molecule has 0 saturated carbocycles. The Morgan fingerprint density at radius 1 is 0.700 bits per heavy atom. The van der Waals surface area contributed by atoms with E-state index >= 15 is 0 Å². The van der Waals surface area contributed by atoms with Crippen molar-refractivity contribution >= 4 is 27.6 Å². The van der Waals surface area contributed by atoms with Crippen molar-refractivity contribution in [3.05, 3.63) is 78.9 Å². The molecular weight excluding hydrogens is 368 g/mol. The van der Waals surface area contributed by atoms with E-state index in [0.29, 0.717) is 0 Å². The minimum Gasteiger partial charge on any atom is -0.490 e. The van der Waals surface area contributed by atoms with Crippen molar-refractivity contribution in [1.82, 2.24) is 0 Å². The van der Waals surface area contributed by atoms with Gasteiger partial charge in [0.05, 0.1) is 12.2 Å². The maximum atomic E-state index is 6.41. The molecule has 2 nitrogen and oxygen atoms in total. The fourth-order valence-electron chi connectivity index (χ4n) is 3.97. The van der Waals surface area contributed by atoms with E-state index in [9.17, 15) is 0 Å². The highest BCUT2D eigenvalue weighted by Gasteiger charge is 2.22. The van der Waals surface area contributed by atoms with Gasteiger partial charge in [-0.25, -0.2) is 0 Å². The smallest absolute Gasteiger partial charge is 0.135 e. The van der Waals surface area contributed by atoms with Gasteiger partial charge in [0, 0.05) is 16.7 Å². The third-order valence-corrected chi connectivity index (χ3v) is 5.11. The molecule has 2 heteroatoms. The fraction of sp³-hybridized carbons (Fsp3) is 0.214. The van der Waals surface area contributed by atoms with Gasteiger partial charge in [0.1, 0.15) is 11.5 Å². The molecule has 0 aliphatic carbocycles. The Hall–Kier alpha value is -3.26. The number of benzene rings is 4. The Bertz CT molecular complexity index is 1220. The first-order valence-electron chi connectivity index (χ1n) is 10.5. The molecule has 0 amide bonds. The van der Waals surface area contributed by atoms with E-state index in [4.69, 9.17) is 9.47 Å². The molecule has 0 N–H and O–H groups in total. The molecule has 0 radical (unpaired) electrons. The molecule has 0 atom stereocenters. The molecule has 30 heavy (non-hydrogen) atoms. The summed E-state index contributed by atoms with van der Waals surface area (Å²) in [5, 5.41) is 4.62. The van der Waals surface area contributed by atoms with Crippen molar-refractivity contribution in [3.8, 4) is 22.6 Å². The number of hydrogen-bond acceptors (Lipinski definition) is 2. The molecule has 0 unspecified atom stereocenters. The predicted octanol–water partition coefficient (Wildman–Crippen LogP) is 7.88. The molecule has 4 aromatic rings. The Balaban J connectivity index is 2.20. The zero-order valence-electron chi connectivity index (χ0n) is 18.1. The van der Waals surface area contributed by atoms with E-state index in [1.165, 1.54) is 5.39 Å². The summed E-state index contributed by atoms with van der Waals surface area (Å²) in [6, 6.07) is 23.2. The lowest BCUT2D eigenvalue weighted by Gasteiger charge is -2.23. The van der Waals surface area contributed by atoms with Crippen LogP contribution in [-0.2, 0) is 0 Å². The molecule has 0 fully saturated rings.